The summed E-state index contributed by atoms with van der Waals surface area (Å²) in [6.45, 7) is 15.0. The molecule has 0 saturated carbocycles. The summed E-state index contributed by atoms with van der Waals surface area (Å²) in [5.74, 6) is 0. The van der Waals surface area contributed by atoms with Gasteiger partial charge in [0.25, 0.3) is 0 Å². The number of hydrogen-bond acceptors (Lipinski definition) is 1. The Kier molecular flexibility index (Phi) is 3.00. The molecule has 1 aromatic carbocycles. The van der Waals surface area contributed by atoms with Gasteiger partial charge in [0.2, 0.25) is 0 Å². The molecule has 1 rings (SSSR count). The second kappa shape index (κ2) is 3.56. The predicted octanol–water partition coefficient (Wildman–Crippen LogP) is 4.18. The minimum absolute atomic E-state index is 0.181. The lowest BCUT2D eigenvalue weighted by atomic mass is 9.86. The van der Waals surface area contributed by atoms with Crippen molar-refractivity contribution in [3.8, 4) is 0 Å². The summed E-state index contributed by atoms with van der Waals surface area (Å²) in [4.78, 5) is 12.5. The fourth-order valence-electron chi connectivity index (χ4n) is 1.91. The van der Waals surface area contributed by atoms with Gasteiger partial charge in [0, 0.05) is 11.9 Å². The lowest BCUT2D eigenvalue weighted by Gasteiger charge is -2.18. The molecule has 2 heteroatoms. The molecule has 1 nitrogen and oxygen atoms in total. The van der Waals surface area contributed by atoms with Gasteiger partial charge in [0.1, 0.15) is 0 Å². The third-order valence-electron chi connectivity index (χ3n) is 2.43. The highest BCUT2D eigenvalue weighted by molar-refractivity contribution is 7.50. The highest BCUT2D eigenvalue weighted by Crippen LogP contribution is 2.46. The van der Waals surface area contributed by atoms with E-state index in [9.17, 15) is 4.79 Å². The summed E-state index contributed by atoms with van der Waals surface area (Å²) in [7, 11) is 0.881. The fourth-order valence-corrected chi connectivity index (χ4v) is 3.28. The average molecular weight is 224 g/mol. The molecule has 0 atom stereocenters. The minimum Gasteiger partial charge on any atom is -0.290 e. The van der Waals surface area contributed by atoms with Crippen molar-refractivity contribution in [2.75, 3.05) is 0 Å². The number of carbonyl (C=O) groups excluding carboxylic acids is 1. The van der Waals surface area contributed by atoms with E-state index in [1.807, 2.05) is 0 Å². The smallest absolute Gasteiger partial charge is 0.178 e. The lowest BCUT2D eigenvalue weighted by Crippen LogP contribution is -2.12. The normalized spacial score (nSPS) is 13.8. The lowest BCUT2D eigenvalue weighted by molar-refractivity contribution is -0.109. The summed E-state index contributed by atoms with van der Waals surface area (Å²) in [5, 5.41) is 0. The molecule has 1 aromatic rings. The van der Waals surface area contributed by atoms with Gasteiger partial charge in [-0.3, -0.25) is 4.79 Å². The SMILES string of the molecule is CC(=O)P=c1c(C(C)(C)C)c1C(C)(C)C. The molecule has 0 radical (unpaired) electrons. The molecule has 84 valence electrons. The summed E-state index contributed by atoms with van der Waals surface area (Å²) >= 11 is 0. The van der Waals surface area contributed by atoms with Crippen LogP contribution in [0.4, 0.5) is 0 Å². The van der Waals surface area contributed by atoms with E-state index < -0.39 is 0 Å². The van der Waals surface area contributed by atoms with Crippen molar-refractivity contribution in [3.63, 3.8) is 0 Å². The number of rotatable bonds is 1. The van der Waals surface area contributed by atoms with Crippen molar-refractivity contribution >= 4 is 13.7 Å². The van der Waals surface area contributed by atoms with Gasteiger partial charge in [-0.25, -0.2) is 0 Å². The number of carbonyl (C=O) groups is 1. The Morgan fingerprint density at radius 1 is 0.933 bits per heavy atom. The standard InChI is InChI=1S/C13H21OP/c1-8(14)15-11-9(12(2,3)4)10(11)13(5,6)7/h1-7H3. The van der Waals surface area contributed by atoms with E-state index in [0.29, 0.717) is 0 Å². The Hall–Kier alpha value is -0.420. The van der Waals surface area contributed by atoms with Crippen LogP contribution in [0.25, 0.3) is 0 Å². The van der Waals surface area contributed by atoms with Crippen molar-refractivity contribution in [2.45, 2.75) is 59.3 Å². The van der Waals surface area contributed by atoms with E-state index in [-0.39, 0.29) is 16.4 Å². The molecule has 0 aliphatic rings. The first kappa shape index (κ1) is 12.6. The van der Waals surface area contributed by atoms with Crippen LogP contribution in [-0.2, 0) is 15.6 Å². The van der Waals surface area contributed by atoms with Crippen LogP contribution in [0, 0.1) is 4.94 Å². The second-order valence-electron chi connectivity index (χ2n) is 6.23. The van der Waals surface area contributed by atoms with Crippen LogP contribution in [0.3, 0.4) is 0 Å². The van der Waals surface area contributed by atoms with Gasteiger partial charge in [0.05, 0.1) is 0 Å². The summed E-state index contributed by atoms with van der Waals surface area (Å²) in [6.07, 6.45) is 0. The first-order valence-corrected chi connectivity index (χ1v) is 6.30. The Morgan fingerprint density at radius 2 is 1.27 bits per heavy atom. The molecule has 0 aliphatic heterocycles. The molecule has 0 saturated heterocycles. The van der Waals surface area contributed by atoms with Gasteiger partial charge in [-0.1, -0.05) is 41.5 Å². The molecule has 0 N–H and O–H groups in total. The van der Waals surface area contributed by atoms with Crippen LogP contribution in [0.2, 0.25) is 0 Å². The molecule has 0 bridgehead atoms. The summed E-state index contributed by atoms with van der Waals surface area (Å²) in [5.41, 5.74) is 3.45. The summed E-state index contributed by atoms with van der Waals surface area (Å²) in [6, 6.07) is 0. The first-order chi connectivity index (χ1) is 6.55. The second-order valence-corrected chi connectivity index (χ2v) is 7.53. The topological polar surface area (TPSA) is 17.1 Å². The van der Waals surface area contributed by atoms with E-state index in [0.717, 1.165) is 8.20 Å². The van der Waals surface area contributed by atoms with Gasteiger partial charge < -0.3 is 0 Å². The molecular weight excluding hydrogens is 203 g/mol. The molecule has 0 heterocycles. The Morgan fingerprint density at radius 3 is 1.47 bits per heavy atom. The average Bonchev–Trinajstić information content (AvgIpc) is 2.56. The molecular formula is C13H21OP. The largest absolute Gasteiger partial charge is 0.290 e. The van der Waals surface area contributed by atoms with Crippen molar-refractivity contribution in [1.29, 1.82) is 0 Å². The zero-order chi connectivity index (χ0) is 12.0. The Labute approximate surface area is 94.4 Å². The van der Waals surface area contributed by atoms with Crippen molar-refractivity contribution in [1.82, 2.24) is 0 Å². The molecule has 0 aliphatic carbocycles. The Bertz CT molecular complexity index is 375. The van der Waals surface area contributed by atoms with E-state index >= 15 is 0 Å². The molecule has 15 heavy (non-hydrogen) atoms. The summed E-state index contributed by atoms with van der Waals surface area (Å²) < 4.78 is 0. The Balaban J connectivity index is 3.26. The quantitative estimate of drug-likeness (QED) is 0.654. The fraction of sp³-hybridized carbons (Fsp3) is 0.692. The van der Waals surface area contributed by atoms with Crippen LogP contribution in [0.15, 0.2) is 0 Å². The third kappa shape index (κ3) is 2.78. The molecule has 0 aromatic heterocycles. The number of hydrogen-bond donors (Lipinski definition) is 0. The van der Waals surface area contributed by atoms with Gasteiger partial charge in [-0.15, -0.1) is 0 Å². The zero-order valence-electron chi connectivity index (χ0n) is 10.9. The molecule has 0 amide bonds. The predicted molar refractivity (Wildman–Crippen MR) is 67.1 cm³/mol. The van der Waals surface area contributed by atoms with Crippen LogP contribution in [-0.4, -0.2) is 5.52 Å². The van der Waals surface area contributed by atoms with Crippen LogP contribution in [0.1, 0.15) is 59.6 Å². The van der Waals surface area contributed by atoms with Crippen LogP contribution in [0.5, 0.6) is 0 Å². The van der Waals surface area contributed by atoms with Crippen LogP contribution < -0.4 is 0 Å². The van der Waals surface area contributed by atoms with E-state index in [2.05, 4.69) is 41.5 Å². The molecule has 0 spiro atoms. The maximum absolute atomic E-state index is 11.2. The minimum atomic E-state index is 0.181. The van der Waals surface area contributed by atoms with E-state index in [4.69, 9.17) is 0 Å². The van der Waals surface area contributed by atoms with E-state index in [1.54, 1.807) is 6.92 Å². The van der Waals surface area contributed by atoms with Crippen molar-refractivity contribution < 1.29 is 4.79 Å². The van der Waals surface area contributed by atoms with Gasteiger partial charge in [-0.2, -0.15) is 0 Å². The highest BCUT2D eigenvalue weighted by atomic mass is 31.1. The van der Waals surface area contributed by atoms with Crippen molar-refractivity contribution in [3.05, 3.63) is 16.1 Å². The van der Waals surface area contributed by atoms with Gasteiger partial charge >= 0.3 is 0 Å². The third-order valence-corrected chi connectivity index (χ3v) is 3.42. The van der Waals surface area contributed by atoms with Crippen LogP contribution >= 0.6 is 8.20 Å². The van der Waals surface area contributed by atoms with Crippen molar-refractivity contribution in [2.24, 2.45) is 0 Å². The van der Waals surface area contributed by atoms with Gasteiger partial charge in [-0.05, 0) is 30.2 Å². The molecule has 0 fully saturated rings. The maximum Gasteiger partial charge on any atom is 0.178 e. The van der Waals surface area contributed by atoms with E-state index in [1.165, 1.54) is 16.1 Å². The first-order valence-electron chi connectivity index (χ1n) is 5.40. The zero-order valence-corrected chi connectivity index (χ0v) is 11.7. The monoisotopic (exact) mass is 224 g/mol. The van der Waals surface area contributed by atoms with Gasteiger partial charge in [0.15, 0.2) is 5.52 Å². The molecule has 0 unspecified atom stereocenters. The highest BCUT2D eigenvalue weighted by Gasteiger charge is 2.35. The maximum atomic E-state index is 11.2.